The molecule has 170 valence electrons. The van der Waals surface area contributed by atoms with E-state index in [1.54, 1.807) is 19.0 Å². The van der Waals surface area contributed by atoms with Gasteiger partial charge in [-0.3, -0.25) is 9.69 Å². The highest BCUT2D eigenvalue weighted by atomic mass is 127. The smallest absolute Gasteiger partial charge is 0.243 e. The van der Waals surface area contributed by atoms with E-state index in [0.717, 1.165) is 39.4 Å². The fourth-order valence-corrected chi connectivity index (χ4v) is 3.42. The second-order valence-electron chi connectivity index (χ2n) is 7.74. The minimum absolute atomic E-state index is 0. The van der Waals surface area contributed by atoms with Gasteiger partial charge in [-0.2, -0.15) is 0 Å². The van der Waals surface area contributed by atoms with Gasteiger partial charge >= 0.3 is 0 Å². The molecule has 0 bridgehead atoms. The Morgan fingerprint density at radius 3 is 2.41 bits per heavy atom. The molecule has 0 unspecified atom stereocenters. The summed E-state index contributed by atoms with van der Waals surface area (Å²) in [5.41, 5.74) is 0. The van der Waals surface area contributed by atoms with Crippen LogP contribution in [0, 0.1) is 0 Å². The molecule has 9 heteroatoms. The predicted molar refractivity (Wildman–Crippen MR) is 127 cm³/mol. The number of ether oxygens (including phenoxy) is 2. The standard InChI is InChI=1S/C20H39N5O3.HI/c1-24(2)19(26)17-23-20(21-9-11-25-12-15-27-16-13-25)22-10-14-28-18-7-5-3-4-6-8-18;/h18H,3-17H2,1-2H3,(H2,21,22,23);1H. The van der Waals surface area contributed by atoms with E-state index in [9.17, 15) is 4.79 Å². The number of rotatable bonds is 9. The zero-order valence-electron chi connectivity index (χ0n) is 18.2. The summed E-state index contributed by atoms with van der Waals surface area (Å²) in [6.45, 7) is 6.75. The second-order valence-corrected chi connectivity index (χ2v) is 7.74. The van der Waals surface area contributed by atoms with E-state index in [0.29, 0.717) is 25.2 Å². The van der Waals surface area contributed by atoms with Crippen molar-refractivity contribution in [2.45, 2.75) is 44.6 Å². The maximum Gasteiger partial charge on any atom is 0.243 e. The summed E-state index contributed by atoms with van der Waals surface area (Å²) in [6.07, 6.45) is 7.98. The van der Waals surface area contributed by atoms with Crippen LogP contribution in [0.15, 0.2) is 4.99 Å². The normalized spacial score (nSPS) is 19.2. The van der Waals surface area contributed by atoms with Crippen molar-refractivity contribution in [1.29, 1.82) is 0 Å². The first-order chi connectivity index (χ1) is 13.6. The van der Waals surface area contributed by atoms with Crippen LogP contribution in [0.1, 0.15) is 38.5 Å². The van der Waals surface area contributed by atoms with E-state index in [1.807, 2.05) is 0 Å². The van der Waals surface area contributed by atoms with E-state index in [1.165, 1.54) is 38.5 Å². The number of halogens is 1. The number of carbonyl (C=O) groups is 1. The van der Waals surface area contributed by atoms with Crippen LogP contribution >= 0.6 is 24.0 Å². The van der Waals surface area contributed by atoms with E-state index in [-0.39, 0.29) is 36.4 Å². The van der Waals surface area contributed by atoms with Crippen LogP contribution in [0.25, 0.3) is 0 Å². The average molecular weight is 525 g/mol. The lowest BCUT2D eigenvalue weighted by Crippen LogP contribution is -2.45. The van der Waals surface area contributed by atoms with Crippen LogP contribution in [-0.2, 0) is 14.3 Å². The maximum atomic E-state index is 11.9. The quantitative estimate of drug-likeness (QED) is 0.155. The van der Waals surface area contributed by atoms with E-state index in [4.69, 9.17) is 9.47 Å². The van der Waals surface area contributed by atoms with Gasteiger partial charge in [0.1, 0.15) is 6.54 Å². The van der Waals surface area contributed by atoms with Gasteiger partial charge in [0.15, 0.2) is 5.96 Å². The molecular weight excluding hydrogens is 485 g/mol. The van der Waals surface area contributed by atoms with Gasteiger partial charge in [0.05, 0.1) is 25.9 Å². The number of morpholine rings is 1. The Morgan fingerprint density at radius 1 is 1.10 bits per heavy atom. The van der Waals surface area contributed by atoms with Crippen LogP contribution in [0.4, 0.5) is 0 Å². The lowest BCUT2D eigenvalue weighted by atomic mass is 10.1. The first-order valence-corrected chi connectivity index (χ1v) is 10.8. The first-order valence-electron chi connectivity index (χ1n) is 10.8. The average Bonchev–Trinajstić information content (AvgIpc) is 2.98. The molecule has 1 saturated heterocycles. The molecule has 1 saturated carbocycles. The van der Waals surface area contributed by atoms with Crippen LogP contribution in [0.2, 0.25) is 0 Å². The zero-order chi connectivity index (χ0) is 20.0. The van der Waals surface area contributed by atoms with Crippen LogP contribution < -0.4 is 10.6 Å². The Kier molecular flexibility index (Phi) is 14.6. The number of likely N-dealkylation sites (N-methyl/N-ethyl adjacent to an activating group) is 1. The SMILES string of the molecule is CN(C)C(=O)CN=C(NCCOC1CCCCCC1)NCCN1CCOCC1.I. The van der Waals surface area contributed by atoms with E-state index in [2.05, 4.69) is 20.5 Å². The Bertz CT molecular complexity index is 465. The van der Waals surface area contributed by atoms with Crippen LogP contribution in [0.5, 0.6) is 0 Å². The number of guanidine groups is 1. The molecule has 1 aliphatic heterocycles. The lowest BCUT2D eigenvalue weighted by Gasteiger charge is -2.26. The van der Waals surface area contributed by atoms with Gasteiger partial charge in [-0.1, -0.05) is 25.7 Å². The van der Waals surface area contributed by atoms with Gasteiger partial charge < -0.3 is 25.0 Å². The highest BCUT2D eigenvalue weighted by Crippen LogP contribution is 2.19. The van der Waals surface area contributed by atoms with Crippen molar-refractivity contribution in [1.82, 2.24) is 20.4 Å². The maximum absolute atomic E-state index is 11.9. The zero-order valence-corrected chi connectivity index (χ0v) is 20.5. The number of hydrogen-bond acceptors (Lipinski definition) is 5. The third-order valence-electron chi connectivity index (χ3n) is 5.25. The van der Waals surface area contributed by atoms with Crippen molar-refractivity contribution >= 4 is 35.8 Å². The van der Waals surface area contributed by atoms with Gasteiger partial charge in [0.2, 0.25) is 5.91 Å². The molecule has 0 spiro atoms. The summed E-state index contributed by atoms with van der Waals surface area (Å²) in [7, 11) is 3.49. The second kappa shape index (κ2) is 16.1. The first kappa shape index (κ1) is 26.4. The Hall–Kier alpha value is -0.650. The molecule has 2 fully saturated rings. The molecule has 1 amide bonds. The Morgan fingerprint density at radius 2 is 1.76 bits per heavy atom. The molecule has 1 heterocycles. The minimum atomic E-state index is -0.0102. The van der Waals surface area contributed by atoms with Crippen molar-refractivity contribution in [3.05, 3.63) is 0 Å². The lowest BCUT2D eigenvalue weighted by molar-refractivity contribution is -0.127. The summed E-state index contributed by atoms with van der Waals surface area (Å²) in [6, 6.07) is 0. The molecular formula is C20H40IN5O3. The summed E-state index contributed by atoms with van der Waals surface area (Å²) in [5, 5.41) is 6.65. The van der Waals surface area contributed by atoms with E-state index < -0.39 is 0 Å². The van der Waals surface area contributed by atoms with Crippen molar-refractivity contribution in [3.8, 4) is 0 Å². The molecule has 1 aliphatic carbocycles. The molecule has 2 N–H and O–H groups in total. The minimum Gasteiger partial charge on any atom is -0.379 e. The molecule has 2 aliphatic rings. The van der Waals surface area contributed by atoms with Gasteiger partial charge in [-0.15, -0.1) is 24.0 Å². The van der Waals surface area contributed by atoms with Gasteiger partial charge in [0.25, 0.3) is 0 Å². The number of hydrogen-bond donors (Lipinski definition) is 2. The molecule has 0 radical (unpaired) electrons. The highest BCUT2D eigenvalue weighted by Gasteiger charge is 2.13. The third-order valence-corrected chi connectivity index (χ3v) is 5.25. The van der Waals surface area contributed by atoms with Crippen molar-refractivity contribution in [2.75, 3.05) is 73.2 Å². The summed E-state index contributed by atoms with van der Waals surface area (Å²) in [5.74, 6) is 0.664. The van der Waals surface area contributed by atoms with Gasteiger partial charge in [-0.25, -0.2) is 4.99 Å². The summed E-state index contributed by atoms with van der Waals surface area (Å²) >= 11 is 0. The number of carbonyl (C=O) groups excluding carboxylic acids is 1. The van der Waals surface area contributed by atoms with Crippen molar-refractivity contribution in [2.24, 2.45) is 4.99 Å². The molecule has 29 heavy (non-hydrogen) atoms. The topological polar surface area (TPSA) is 78.4 Å². The molecule has 0 atom stereocenters. The largest absolute Gasteiger partial charge is 0.379 e. The Balaban J connectivity index is 0.00000420. The third kappa shape index (κ3) is 12.0. The fourth-order valence-electron chi connectivity index (χ4n) is 3.42. The highest BCUT2D eigenvalue weighted by molar-refractivity contribution is 14.0. The summed E-state index contributed by atoms with van der Waals surface area (Å²) < 4.78 is 11.4. The Labute approximate surface area is 193 Å². The van der Waals surface area contributed by atoms with E-state index >= 15 is 0 Å². The molecule has 0 aromatic rings. The predicted octanol–water partition coefficient (Wildman–Crippen LogP) is 1.30. The van der Waals surface area contributed by atoms with Crippen LogP contribution in [-0.4, -0.2) is 101 Å². The molecule has 2 rings (SSSR count). The number of amides is 1. The van der Waals surface area contributed by atoms with Crippen LogP contribution in [0.3, 0.4) is 0 Å². The number of nitrogens with one attached hydrogen (secondary N) is 2. The molecule has 8 nitrogen and oxygen atoms in total. The molecule has 0 aromatic carbocycles. The van der Waals surface area contributed by atoms with Gasteiger partial charge in [-0.05, 0) is 12.8 Å². The van der Waals surface area contributed by atoms with Crippen molar-refractivity contribution in [3.63, 3.8) is 0 Å². The number of nitrogens with zero attached hydrogens (tertiary/aromatic N) is 3. The van der Waals surface area contributed by atoms with Gasteiger partial charge in [0, 0.05) is 46.8 Å². The van der Waals surface area contributed by atoms with Crippen molar-refractivity contribution < 1.29 is 14.3 Å². The monoisotopic (exact) mass is 525 g/mol. The molecule has 0 aromatic heterocycles. The number of aliphatic imine (C=N–C) groups is 1. The summed E-state index contributed by atoms with van der Waals surface area (Å²) in [4.78, 5) is 20.2. The fraction of sp³-hybridized carbons (Fsp3) is 0.900.